The van der Waals surface area contributed by atoms with E-state index in [-0.39, 0.29) is 47.6 Å². The molecule has 0 aromatic carbocycles. The Hall–Kier alpha value is -4.15. The summed E-state index contributed by atoms with van der Waals surface area (Å²) >= 11 is 0. The van der Waals surface area contributed by atoms with Crippen LogP contribution in [0.2, 0.25) is 0 Å². The molecule has 0 saturated heterocycles. The van der Waals surface area contributed by atoms with Crippen LogP contribution in [0.5, 0.6) is 0 Å². The molecule has 30 heavy (non-hydrogen) atoms. The second-order valence-electron chi connectivity index (χ2n) is 5.83. The van der Waals surface area contributed by atoms with Crippen LogP contribution in [-0.2, 0) is 9.47 Å². The van der Waals surface area contributed by atoms with Gasteiger partial charge in [0.05, 0.1) is 24.6 Å². The van der Waals surface area contributed by atoms with Crippen LogP contribution in [-0.4, -0.2) is 50.1 Å². The van der Waals surface area contributed by atoms with E-state index in [4.69, 9.17) is 20.9 Å². The smallest absolute Gasteiger partial charge is 0.341 e. The molecule has 154 valence electrons. The lowest BCUT2D eigenvalue weighted by atomic mass is 10.1. The van der Waals surface area contributed by atoms with E-state index in [0.29, 0.717) is 11.4 Å². The summed E-state index contributed by atoms with van der Waals surface area (Å²) < 4.78 is 10.1. The van der Waals surface area contributed by atoms with Gasteiger partial charge in [-0.2, -0.15) is 0 Å². The van der Waals surface area contributed by atoms with Gasteiger partial charge in [-0.15, -0.1) is 0 Å². The number of aromatic nitrogens is 5. The summed E-state index contributed by atoms with van der Waals surface area (Å²) in [4.78, 5) is 45.1. The summed E-state index contributed by atoms with van der Waals surface area (Å²) in [6.07, 6.45) is 2.55. The maximum Gasteiger partial charge on any atom is 0.341 e. The molecule has 0 fully saturated rings. The number of pyridine rings is 1. The minimum absolute atomic E-state index is 0.0382. The first kappa shape index (κ1) is 20.6. The van der Waals surface area contributed by atoms with Gasteiger partial charge >= 0.3 is 11.9 Å². The van der Waals surface area contributed by atoms with Gasteiger partial charge < -0.3 is 20.9 Å². The summed E-state index contributed by atoms with van der Waals surface area (Å²) in [5.74, 6) is -1.30. The summed E-state index contributed by atoms with van der Waals surface area (Å²) in [5.41, 5.74) is 12.6. The number of anilines is 2. The predicted molar refractivity (Wildman–Crippen MR) is 107 cm³/mol. The van der Waals surface area contributed by atoms with Gasteiger partial charge in [-0.1, -0.05) is 6.07 Å². The number of carbonyl (C=O) groups is 2. The number of hydrogen-bond donors (Lipinski definition) is 2. The summed E-state index contributed by atoms with van der Waals surface area (Å²) in [5, 5.41) is 0. The van der Waals surface area contributed by atoms with E-state index in [9.17, 15) is 9.59 Å². The van der Waals surface area contributed by atoms with Crippen molar-refractivity contribution >= 4 is 23.8 Å². The number of ether oxygens (including phenoxy) is 2. The molecule has 0 amide bonds. The zero-order valence-corrected chi connectivity index (χ0v) is 16.3. The van der Waals surface area contributed by atoms with Crippen molar-refractivity contribution in [2.45, 2.75) is 13.8 Å². The minimum Gasteiger partial charge on any atom is -0.462 e. The Kier molecular flexibility index (Phi) is 6.11. The number of carbonyl (C=O) groups excluding carboxylic acids is 2. The normalized spacial score (nSPS) is 10.5. The molecule has 0 atom stereocenters. The van der Waals surface area contributed by atoms with Crippen molar-refractivity contribution in [3.05, 3.63) is 41.7 Å². The van der Waals surface area contributed by atoms with Gasteiger partial charge in [0.1, 0.15) is 22.5 Å². The highest BCUT2D eigenvalue weighted by Gasteiger charge is 2.21. The van der Waals surface area contributed by atoms with Crippen LogP contribution < -0.4 is 11.5 Å². The number of nitrogens with zero attached hydrogens (tertiary/aromatic N) is 5. The summed E-state index contributed by atoms with van der Waals surface area (Å²) in [6, 6.07) is 4.92. The second-order valence-corrected chi connectivity index (χ2v) is 5.83. The van der Waals surface area contributed by atoms with E-state index in [2.05, 4.69) is 24.9 Å². The first-order valence-corrected chi connectivity index (χ1v) is 9.01. The van der Waals surface area contributed by atoms with Gasteiger partial charge in [0.25, 0.3) is 0 Å². The molecule has 0 radical (unpaired) electrons. The monoisotopic (exact) mass is 409 g/mol. The highest BCUT2D eigenvalue weighted by atomic mass is 16.5. The summed E-state index contributed by atoms with van der Waals surface area (Å²) in [6.45, 7) is 3.73. The molecular weight excluding hydrogens is 390 g/mol. The summed E-state index contributed by atoms with van der Waals surface area (Å²) in [7, 11) is 0. The van der Waals surface area contributed by atoms with Gasteiger partial charge in [0, 0.05) is 12.4 Å². The van der Waals surface area contributed by atoms with Gasteiger partial charge in [0.2, 0.25) is 11.9 Å². The largest absolute Gasteiger partial charge is 0.462 e. The van der Waals surface area contributed by atoms with Crippen molar-refractivity contribution in [1.82, 2.24) is 24.9 Å². The standard InChI is InChI=1S/C19H19N7O4/c1-3-29-16(27)10-8-22-18(20)25-14(10)12-6-5-7-13(24-12)15-11(17(28)30-4-2)9-23-19(21)26-15/h5-9H,3-4H2,1-2H3,(H2,20,22,25)(H2,21,23,26). The maximum atomic E-state index is 12.3. The lowest BCUT2D eigenvalue weighted by Crippen LogP contribution is -2.12. The molecule has 11 nitrogen and oxygen atoms in total. The second kappa shape index (κ2) is 8.90. The van der Waals surface area contributed by atoms with Crippen LogP contribution in [0.4, 0.5) is 11.9 Å². The van der Waals surface area contributed by atoms with Crippen molar-refractivity contribution < 1.29 is 19.1 Å². The Morgan fingerprint density at radius 3 is 1.63 bits per heavy atom. The molecule has 0 aliphatic rings. The molecule has 0 spiro atoms. The van der Waals surface area contributed by atoms with Crippen molar-refractivity contribution in [2.75, 3.05) is 24.7 Å². The van der Waals surface area contributed by atoms with Crippen LogP contribution >= 0.6 is 0 Å². The molecule has 0 bridgehead atoms. The van der Waals surface area contributed by atoms with E-state index >= 15 is 0 Å². The molecule has 3 rings (SSSR count). The first-order valence-electron chi connectivity index (χ1n) is 9.01. The quantitative estimate of drug-likeness (QED) is 0.566. The maximum absolute atomic E-state index is 12.3. The molecule has 0 aliphatic heterocycles. The fourth-order valence-corrected chi connectivity index (χ4v) is 2.60. The van der Waals surface area contributed by atoms with Crippen LogP contribution in [0.15, 0.2) is 30.6 Å². The van der Waals surface area contributed by atoms with Crippen molar-refractivity contribution in [3.63, 3.8) is 0 Å². The molecule has 3 heterocycles. The number of hydrogen-bond acceptors (Lipinski definition) is 11. The third-order valence-corrected chi connectivity index (χ3v) is 3.84. The Morgan fingerprint density at radius 1 is 0.800 bits per heavy atom. The molecular formula is C19H19N7O4. The van der Waals surface area contributed by atoms with Crippen LogP contribution in [0, 0.1) is 0 Å². The number of rotatable bonds is 6. The highest BCUT2D eigenvalue weighted by molar-refractivity contribution is 5.97. The topological polar surface area (TPSA) is 169 Å². The van der Waals surface area contributed by atoms with Crippen molar-refractivity contribution in [2.24, 2.45) is 0 Å². The zero-order chi connectivity index (χ0) is 21.7. The van der Waals surface area contributed by atoms with Gasteiger partial charge in [-0.05, 0) is 26.0 Å². The molecule has 3 aromatic heterocycles. The van der Waals surface area contributed by atoms with Crippen molar-refractivity contribution in [1.29, 1.82) is 0 Å². The molecule has 0 unspecified atom stereocenters. The average molecular weight is 409 g/mol. The van der Waals surface area contributed by atoms with Crippen LogP contribution in [0.3, 0.4) is 0 Å². The Balaban J connectivity index is 2.14. The molecule has 0 aliphatic carbocycles. The highest BCUT2D eigenvalue weighted by Crippen LogP contribution is 2.26. The lowest BCUT2D eigenvalue weighted by molar-refractivity contribution is 0.0516. The van der Waals surface area contributed by atoms with E-state index in [1.807, 2.05) is 0 Å². The Bertz CT molecular complexity index is 1020. The number of nitrogen functional groups attached to an aromatic ring is 2. The SMILES string of the molecule is CCOC(=O)c1cnc(N)nc1-c1cccc(-c2nc(N)ncc2C(=O)OCC)n1. The van der Waals surface area contributed by atoms with Gasteiger partial charge in [0.15, 0.2) is 0 Å². The predicted octanol–water partition coefficient (Wildman–Crippen LogP) is 1.51. The van der Waals surface area contributed by atoms with Crippen LogP contribution in [0.1, 0.15) is 34.6 Å². The third-order valence-electron chi connectivity index (χ3n) is 3.84. The van der Waals surface area contributed by atoms with E-state index in [1.54, 1.807) is 32.0 Å². The fraction of sp³-hybridized carbons (Fsp3) is 0.211. The Labute approximate surface area is 171 Å². The van der Waals surface area contributed by atoms with Gasteiger partial charge in [-0.25, -0.2) is 34.5 Å². The lowest BCUT2D eigenvalue weighted by Gasteiger charge is -2.11. The first-order chi connectivity index (χ1) is 14.4. The average Bonchev–Trinajstić information content (AvgIpc) is 2.74. The molecule has 4 N–H and O–H groups in total. The third kappa shape index (κ3) is 4.29. The molecule has 0 saturated carbocycles. The zero-order valence-electron chi connectivity index (χ0n) is 16.3. The number of nitrogens with two attached hydrogens (primary N) is 2. The Morgan fingerprint density at radius 2 is 1.23 bits per heavy atom. The van der Waals surface area contributed by atoms with Crippen LogP contribution in [0.25, 0.3) is 22.8 Å². The number of esters is 2. The van der Waals surface area contributed by atoms with E-state index < -0.39 is 11.9 Å². The fourth-order valence-electron chi connectivity index (χ4n) is 2.60. The minimum atomic E-state index is -0.613. The van der Waals surface area contributed by atoms with Crippen molar-refractivity contribution in [3.8, 4) is 22.8 Å². The van der Waals surface area contributed by atoms with E-state index in [0.717, 1.165) is 0 Å². The van der Waals surface area contributed by atoms with Gasteiger partial charge in [-0.3, -0.25) is 0 Å². The molecule has 11 heteroatoms. The molecule has 3 aromatic rings. The van der Waals surface area contributed by atoms with E-state index in [1.165, 1.54) is 12.4 Å².